The summed E-state index contributed by atoms with van der Waals surface area (Å²) in [4.78, 5) is 156. The largest absolute Gasteiger partial charge is 0.508 e. The van der Waals surface area contributed by atoms with Crippen molar-refractivity contribution in [3.63, 3.8) is 0 Å². The zero-order valence-electron chi connectivity index (χ0n) is 42.2. The predicted molar refractivity (Wildman–Crippen MR) is 282 cm³/mol. The van der Waals surface area contributed by atoms with Crippen molar-refractivity contribution in [1.29, 1.82) is 0 Å². The Kier molecular flexibility index (Phi) is 24.6. The number of hydrogen-bond acceptors (Lipinski definition) is 15. The van der Waals surface area contributed by atoms with Crippen molar-refractivity contribution >= 4 is 92.5 Å². The molecule has 2 aromatic carbocycles. The van der Waals surface area contributed by atoms with Gasteiger partial charge in [-0.2, -0.15) is 0 Å². The number of primary amides is 2. The van der Waals surface area contributed by atoms with Crippen LogP contribution in [0.2, 0.25) is 0 Å². The number of hydrogen-bond donors (Lipinski definition) is 12. The third kappa shape index (κ3) is 20.6. The van der Waals surface area contributed by atoms with Gasteiger partial charge in [0, 0.05) is 64.4 Å². The van der Waals surface area contributed by atoms with Gasteiger partial charge in [-0.3, -0.25) is 57.7 Å². The summed E-state index contributed by atoms with van der Waals surface area (Å²) >= 11 is 0. The quantitative estimate of drug-likeness (QED) is 0.0278. The predicted octanol–water partition coefficient (Wildman–Crippen LogP) is -3.74. The highest BCUT2D eigenvalue weighted by atomic mass is 33.1. The molecule has 2 fully saturated rings. The molecule has 0 spiro atoms. The van der Waals surface area contributed by atoms with Crippen molar-refractivity contribution in [2.45, 2.75) is 107 Å². The molecule has 0 bridgehead atoms. The molecule has 2 aliphatic rings. The van der Waals surface area contributed by atoms with Gasteiger partial charge in [0.25, 0.3) is 0 Å². The van der Waals surface area contributed by atoms with Crippen molar-refractivity contribution in [3.05, 3.63) is 65.7 Å². The van der Waals surface area contributed by atoms with Crippen LogP contribution in [0.1, 0.15) is 62.5 Å². The van der Waals surface area contributed by atoms with Crippen LogP contribution in [0.5, 0.6) is 5.75 Å². The van der Waals surface area contributed by atoms with Gasteiger partial charge in [0.15, 0.2) is 5.96 Å². The highest BCUT2D eigenvalue weighted by Crippen LogP contribution is 2.26. The number of nitrogens with one attached hydrogen (secondary N) is 7. The molecular weight excluding hydrogens is 1030 g/mol. The fourth-order valence-corrected chi connectivity index (χ4v) is 10.1. The van der Waals surface area contributed by atoms with E-state index in [9.17, 15) is 57.8 Å². The lowest BCUT2D eigenvalue weighted by Crippen LogP contribution is -2.61. The number of nitrogens with two attached hydrogens (primary N) is 4. The molecule has 26 nitrogen and oxygen atoms in total. The molecule has 414 valence electrons. The Balaban J connectivity index is 1.68. The summed E-state index contributed by atoms with van der Waals surface area (Å²) in [5.41, 5.74) is 23.0. The summed E-state index contributed by atoms with van der Waals surface area (Å²) in [7, 11) is 5.21. The number of amides is 11. The molecule has 4 rings (SSSR count). The van der Waals surface area contributed by atoms with Crippen molar-refractivity contribution < 1.29 is 57.8 Å². The van der Waals surface area contributed by atoms with Crippen LogP contribution in [0.15, 0.2) is 59.6 Å². The number of carbonyl (C=O) groups is 11. The number of phenolic OH excluding ortho intramolecular Hbond substituents is 1. The average Bonchev–Trinajstić information content (AvgIpc) is 3.87. The maximum absolute atomic E-state index is 14.6. The lowest BCUT2D eigenvalue weighted by molar-refractivity contribution is -0.142. The summed E-state index contributed by atoms with van der Waals surface area (Å²) in [6, 6.07) is 4.60. The Hall–Kier alpha value is -7.62. The monoisotopic (exact) mass is 1100 g/mol. The molecule has 16 N–H and O–H groups in total. The van der Waals surface area contributed by atoms with Crippen LogP contribution in [0.3, 0.4) is 0 Å². The Morgan fingerprint density at radius 1 is 0.776 bits per heavy atom. The van der Waals surface area contributed by atoms with Gasteiger partial charge in [0.05, 0.1) is 13.0 Å². The number of guanidine groups is 1. The fraction of sp³-hybridized carbons (Fsp3) is 0.500. The van der Waals surface area contributed by atoms with E-state index in [4.69, 9.17) is 22.9 Å². The van der Waals surface area contributed by atoms with Crippen LogP contribution in [0.25, 0.3) is 0 Å². The van der Waals surface area contributed by atoms with Crippen LogP contribution < -0.4 is 60.2 Å². The number of rotatable bonds is 19. The lowest BCUT2D eigenvalue weighted by Gasteiger charge is -2.31. The minimum absolute atomic E-state index is 0.0345. The highest BCUT2D eigenvalue weighted by Gasteiger charge is 2.40. The van der Waals surface area contributed by atoms with Crippen molar-refractivity contribution in [3.8, 4) is 5.75 Å². The zero-order valence-corrected chi connectivity index (χ0v) is 43.9. The second kappa shape index (κ2) is 30.7. The third-order valence-electron chi connectivity index (χ3n) is 12.0. The molecule has 11 amide bonds. The first-order valence-electron chi connectivity index (χ1n) is 24.4. The van der Waals surface area contributed by atoms with Crippen LogP contribution in [0, 0.1) is 0 Å². The topological polar surface area (TPSA) is 415 Å². The van der Waals surface area contributed by atoms with Crippen LogP contribution in [-0.2, 0) is 65.6 Å². The molecule has 2 saturated heterocycles. The Bertz CT molecular complexity index is 2430. The van der Waals surface area contributed by atoms with Crippen LogP contribution in [0.4, 0.5) is 0 Å². The van der Waals surface area contributed by atoms with E-state index in [2.05, 4.69) is 42.2 Å². The maximum atomic E-state index is 14.6. The number of aromatic hydroxyl groups is 1. The van der Waals surface area contributed by atoms with E-state index in [1.807, 2.05) is 0 Å². The Morgan fingerprint density at radius 3 is 2.01 bits per heavy atom. The summed E-state index contributed by atoms with van der Waals surface area (Å²) in [5.74, 6) is -9.17. The molecule has 0 saturated carbocycles. The second-order valence-electron chi connectivity index (χ2n) is 18.2. The fourth-order valence-electron chi connectivity index (χ4n) is 7.93. The molecule has 28 heteroatoms. The molecule has 2 aromatic rings. The highest BCUT2D eigenvalue weighted by molar-refractivity contribution is 8.76. The SMILES string of the molecule is CN(C)C(=O)CNC(=O)[C@@H](CCCN=C(N)N)NC(=O)[C@@H]1CCCN1C(=O)[C@@H]1CSSCCC(=O)N[C@@H](Cc2ccc(O)cc2)C(=O)N[C@@H](Cc2ccccc2)C(=O)N[C@@H](CCC(N)=O)C(=O)N[C@@H](CC(N)=O)C(=O)N1. The minimum Gasteiger partial charge on any atom is -0.508 e. The number of nitrogens with zero attached hydrogens (tertiary/aromatic N) is 3. The van der Waals surface area contributed by atoms with Gasteiger partial charge >= 0.3 is 0 Å². The number of likely N-dealkylation sites (tertiary alicyclic amines) is 1. The van der Waals surface area contributed by atoms with E-state index in [1.54, 1.807) is 42.5 Å². The molecular formula is C48H68N14O12S2. The van der Waals surface area contributed by atoms with E-state index in [0.717, 1.165) is 21.6 Å². The molecule has 7 atom stereocenters. The van der Waals surface area contributed by atoms with E-state index >= 15 is 0 Å². The van der Waals surface area contributed by atoms with E-state index in [-0.39, 0.29) is 81.4 Å². The number of benzene rings is 2. The first-order chi connectivity index (χ1) is 36.1. The van der Waals surface area contributed by atoms with Gasteiger partial charge in [0.2, 0.25) is 65.0 Å². The van der Waals surface area contributed by atoms with Gasteiger partial charge < -0.3 is 75.1 Å². The zero-order chi connectivity index (χ0) is 55.9. The van der Waals surface area contributed by atoms with E-state index in [0.29, 0.717) is 17.5 Å². The minimum atomic E-state index is -1.77. The van der Waals surface area contributed by atoms with Crippen molar-refractivity contribution in [1.82, 2.24) is 47.0 Å². The molecule has 0 aliphatic carbocycles. The average molecular weight is 1100 g/mol. The molecule has 0 aromatic heterocycles. The summed E-state index contributed by atoms with van der Waals surface area (Å²) in [6.07, 6.45) is -1.25. The van der Waals surface area contributed by atoms with Gasteiger partial charge in [0.1, 0.15) is 48.0 Å². The van der Waals surface area contributed by atoms with E-state index < -0.39 is 127 Å². The molecule has 2 aliphatic heterocycles. The second-order valence-corrected chi connectivity index (χ2v) is 20.8. The van der Waals surface area contributed by atoms with Crippen LogP contribution >= 0.6 is 21.6 Å². The first kappa shape index (κ1) is 60.9. The van der Waals surface area contributed by atoms with Gasteiger partial charge in [-0.25, -0.2) is 0 Å². The van der Waals surface area contributed by atoms with Crippen LogP contribution in [-0.4, -0.2) is 173 Å². The normalized spacial score (nSPS) is 21.4. The van der Waals surface area contributed by atoms with Gasteiger partial charge in [-0.15, -0.1) is 0 Å². The van der Waals surface area contributed by atoms with Crippen molar-refractivity contribution in [2.24, 2.45) is 27.9 Å². The number of aliphatic imine (C=N–C) groups is 1. The summed E-state index contributed by atoms with van der Waals surface area (Å²) < 4.78 is 0. The Morgan fingerprint density at radius 2 is 1.38 bits per heavy atom. The standard InChI is InChI=1S/C48H68N14O12S2/c1-61(2)40(67)25-54-41(68)30(10-6-19-53-48(51)52)57-46(73)36-11-7-20-62(36)47(74)35-26-76-75-21-18-39(66)55-32(23-28-12-14-29(63)15-13-28)43(70)58-33(22-27-8-4-3-5-9-27)44(71)56-31(16-17-37(49)64)42(69)59-34(24-38(50)65)45(72)60-35/h3-5,8-9,12-15,30-36,63H,6-7,10-11,16-26H2,1-2H3,(H2,49,64)(H2,50,65)(H,54,68)(H,55,66)(H,56,71)(H,57,73)(H,58,70)(H,59,69)(H,60,72)(H4,51,52,53)/t30-,31+,32+,33+,34+,35+,36+/m1/s1. The smallest absolute Gasteiger partial charge is 0.246 e. The summed E-state index contributed by atoms with van der Waals surface area (Å²) in [5, 5.41) is 28.1. The lowest BCUT2D eigenvalue weighted by atomic mass is 10.0. The molecule has 76 heavy (non-hydrogen) atoms. The third-order valence-corrected chi connectivity index (χ3v) is 14.4. The molecule has 0 radical (unpaired) electrons. The maximum Gasteiger partial charge on any atom is 0.246 e. The van der Waals surface area contributed by atoms with Gasteiger partial charge in [-0.1, -0.05) is 64.1 Å². The number of phenols is 1. The molecule has 2 heterocycles. The van der Waals surface area contributed by atoms with Gasteiger partial charge in [-0.05, 0) is 55.4 Å². The van der Waals surface area contributed by atoms with Crippen molar-refractivity contribution in [2.75, 3.05) is 45.2 Å². The van der Waals surface area contributed by atoms with E-state index in [1.165, 1.54) is 36.0 Å². The Labute approximate surface area is 446 Å². The molecule has 0 unspecified atom stereocenters. The number of likely N-dealkylation sites (N-methyl/N-ethyl adjacent to an activating group) is 1. The number of carbonyl (C=O) groups excluding carboxylic acids is 11. The summed E-state index contributed by atoms with van der Waals surface area (Å²) in [6.45, 7) is -0.218. The first-order valence-corrected chi connectivity index (χ1v) is 26.9.